The predicted octanol–water partition coefficient (Wildman–Crippen LogP) is 8.18. The van der Waals surface area contributed by atoms with Gasteiger partial charge in [-0.15, -0.1) is 0 Å². The fraction of sp³-hybridized carbons (Fsp3) is 0.744. The Bertz CT molecular complexity index is 1220. The number of allylic oxidation sites excluding steroid dienone is 10. The molecular weight excluding hydrogens is 741 g/mol. The van der Waals surface area contributed by atoms with E-state index in [2.05, 4.69) is 78.8 Å². The average Bonchev–Trinajstić information content (AvgIpc) is 3.17. The van der Waals surface area contributed by atoms with Crippen LogP contribution in [0.15, 0.2) is 60.8 Å². The number of hydrogen-bond acceptors (Lipinski definition) is 11. The minimum atomic E-state index is -5.07. The summed E-state index contributed by atoms with van der Waals surface area (Å²) in [6.07, 6.45) is 32.6. The molecule has 0 spiro atoms. The van der Waals surface area contributed by atoms with Crippen LogP contribution < -0.4 is 0 Å². The first-order chi connectivity index (χ1) is 27.1. The molecule has 12 nitrogen and oxygen atoms in total. The third-order valence-corrected chi connectivity index (χ3v) is 9.59. The van der Waals surface area contributed by atoms with Crippen LogP contribution in [0, 0.1) is 0 Å². The summed E-state index contributed by atoms with van der Waals surface area (Å²) in [6.45, 7) is 3.74. The van der Waals surface area contributed by atoms with Crippen molar-refractivity contribution in [2.24, 2.45) is 0 Å². The Morgan fingerprint density at radius 1 is 0.696 bits per heavy atom. The van der Waals surface area contributed by atoms with E-state index in [1.165, 1.54) is 25.7 Å². The minimum Gasteiger partial charge on any atom is -0.457 e. The maximum Gasteiger partial charge on any atom is 0.397 e. The quantitative estimate of drug-likeness (QED) is 0.0209. The summed E-state index contributed by atoms with van der Waals surface area (Å²) in [5.41, 5.74) is 0. The van der Waals surface area contributed by atoms with Crippen LogP contribution >= 0.6 is 0 Å². The molecule has 13 heteroatoms. The number of esters is 1. The Kier molecular flexibility index (Phi) is 32.2. The van der Waals surface area contributed by atoms with Crippen molar-refractivity contribution < 1.29 is 56.2 Å². The van der Waals surface area contributed by atoms with Crippen LogP contribution in [-0.2, 0) is 38.3 Å². The Balaban J connectivity index is 2.51. The summed E-state index contributed by atoms with van der Waals surface area (Å²) in [5, 5.41) is 30.6. The van der Waals surface area contributed by atoms with Crippen molar-refractivity contribution in [2.45, 2.75) is 179 Å². The Labute approximate surface area is 338 Å². The van der Waals surface area contributed by atoms with Gasteiger partial charge in [-0.3, -0.25) is 9.35 Å². The standard InChI is InChI=1S/C43H74O12S/c1-3-5-7-9-11-13-15-17-18-19-21-23-25-27-29-31-33-51-35-37(36-52-43-41(47)42(55-56(48,49)50)40(46)38(34-44)54-43)53-39(45)32-30-28-26-24-22-20-16-14-12-10-8-6-4-2/h5,7,11,13-14,16-18,21,23,37-38,40-44,46-47H,3-4,6,8-10,12,15,19-20,22,24-36H2,1-2H3,(H,48,49,50)/b7-5-,13-11-,16-14-,18-17-,23-21-. The Morgan fingerprint density at radius 3 is 1.82 bits per heavy atom. The smallest absolute Gasteiger partial charge is 0.397 e. The van der Waals surface area contributed by atoms with Gasteiger partial charge in [-0.2, -0.15) is 8.42 Å². The van der Waals surface area contributed by atoms with E-state index in [9.17, 15) is 28.5 Å². The molecule has 1 heterocycles. The fourth-order valence-electron chi connectivity index (χ4n) is 5.95. The zero-order valence-corrected chi connectivity index (χ0v) is 35.0. The molecule has 0 saturated carbocycles. The van der Waals surface area contributed by atoms with Crippen LogP contribution in [0.1, 0.15) is 142 Å². The van der Waals surface area contributed by atoms with Gasteiger partial charge in [0.2, 0.25) is 0 Å². The lowest BCUT2D eigenvalue weighted by Crippen LogP contribution is -2.60. The van der Waals surface area contributed by atoms with E-state index in [-0.39, 0.29) is 19.6 Å². The lowest BCUT2D eigenvalue weighted by Gasteiger charge is -2.41. The zero-order chi connectivity index (χ0) is 41.1. The van der Waals surface area contributed by atoms with E-state index < -0.39 is 59.8 Å². The zero-order valence-electron chi connectivity index (χ0n) is 34.2. The molecule has 1 aliphatic heterocycles. The van der Waals surface area contributed by atoms with E-state index in [4.69, 9.17) is 23.5 Å². The summed E-state index contributed by atoms with van der Waals surface area (Å²) in [7, 11) is -5.07. The molecule has 6 atom stereocenters. The van der Waals surface area contributed by atoms with Gasteiger partial charge in [-0.25, -0.2) is 4.18 Å². The molecule has 0 aromatic carbocycles. The highest BCUT2D eigenvalue weighted by Crippen LogP contribution is 2.26. The number of carbonyl (C=O) groups excluding carboxylic acids is 1. The van der Waals surface area contributed by atoms with Crippen molar-refractivity contribution in [3.8, 4) is 0 Å². The van der Waals surface area contributed by atoms with Crippen molar-refractivity contribution in [2.75, 3.05) is 26.4 Å². The first-order valence-corrected chi connectivity index (χ1v) is 22.4. The van der Waals surface area contributed by atoms with Gasteiger partial charge in [0.15, 0.2) is 6.29 Å². The molecule has 6 unspecified atom stereocenters. The Morgan fingerprint density at radius 2 is 1.23 bits per heavy atom. The van der Waals surface area contributed by atoms with Gasteiger partial charge in [0.05, 0.1) is 19.8 Å². The van der Waals surface area contributed by atoms with Crippen molar-refractivity contribution in [1.82, 2.24) is 0 Å². The molecule has 324 valence electrons. The Hall–Kier alpha value is -2.20. The van der Waals surface area contributed by atoms with E-state index in [0.717, 1.165) is 89.9 Å². The van der Waals surface area contributed by atoms with Crippen LogP contribution in [0.25, 0.3) is 0 Å². The molecule has 56 heavy (non-hydrogen) atoms. The van der Waals surface area contributed by atoms with Gasteiger partial charge in [-0.05, 0) is 77.0 Å². The number of aliphatic hydroxyl groups excluding tert-OH is 3. The van der Waals surface area contributed by atoms with Crippen LogP contribution in [0.3, 0.4) is 0 Å². The van der Waals surface area contributed by atoms with E-state index >= 15 is 0 Å². The topological polar surface area (TPSA) is 178 Å². The minimum absolute atomic E-state index is 0.00848. The highest BCUT2D eigenvalue weighted by Gasteiger charge is 2.48. The van der Waals surface area contributed by atoms with Gasteiger partial charge < -0.3 is 34.3 Å². The van der Waals surface area contributed by atoms with Gasteiger partial charge in [0.1, 0.15) is 30.5 Å². The summed E-state index contributed by atoms with van der Waals surface area (Å²) < 4.78 is 58.9. The molecule has 0 bridgehead atoms. The number of rotatable bonds is 35. The number of hydrogen-bond donors (Lipinski definition) is 4. The number of aliphatic hydroxyl groups is 3. The molecule has 0 amide bonds. The fourth-order valence-corrected chi connectivity index (χ4v) is 6.46. The highest BCUT2D eigenvalue weighted by molar-refractivity contribution is 7.80. The van der Waals surface area contributed by atoms with Crippen LogP contribution in [-0.4, -0.2) is 97.5 Å². The highest BCUT2D eigenvalue weighted by atomic mass is 32.3. The molecule has 1 fully saturated rings. The second kappa shape index (κ2) is 34.8. The maximum atomic E-state index is 12.8. The first-order valence-electron chi connectivity index (χ1n) is 21.0. The normalized spacial score (nSPS) is 21.4. The summed E-state index contributed by atoms with van der Waals surface area (Å²) in [6, 6.07) is 0. The van der Waals surface area contributed by atoms with Crippen molar-refractivity contribution in [1.29, 1.82) is 0 Å². The molecule has 0 aliphatic carbocycles. The van der Waals surface area contributed by atoms with E-state index in [1.54, 1.807) is 0 Å². The summed E-state index contributed by atoms with van der Waals surface area (Å²) in [5.74, 6) is -0.424. The predicted molar refractivity (Wildman–Crippen MR) is 220 cm³/mol. The van der Waals surface area contributed by atoms with Crippen LogP contribution in [0.5, 0.6) is 0 Å². The molecule has 1 saturated heterocycles. The SMILES string of the molecule is CC/C=C\C/C=C\C/C=C\C/C=C\CCCCCOCC(COC1OC(CO)C(O)C(OS(=O)(=O)O)C1O)OC(=O)CCCCCCC/C=C\CCCCCC. The summed E-state index contributed by atoms with van der Waals surface area (Å²) in [4.78, 5) is 12.8. The largest absolute Gasteiger partial charge is 0.457 e. The van der Waals surface area contributed by atoms with Gasteiger partial charge in [-0.1, -0.05) is 120 Å². The van der Waals surface area contributed by atoms with Gasteiger partial charge in [0.25, 0.3) is 0 Å². The molecule has 4 N–H and O–H groups in total. The second-order valence-electron chi connectivity index (χ2n) is 14.2. The first kappa shape index (κ1) is 51.8. The van der Waals surface area contributed by atoms with Crippen molar-refractivity contribution >= 4 is 16.4 Å². The lowest BCUT2D eigenvalue weighted by molar-refractivity contribution is -0.301. The maximum absolute atomic E-state index is 12.8. The number of carbonyl (C=O) groups is 1. The third kappa shape index (κ3) is 28.2. The number of unbranched alkanes of at least 4 members (excludes halogenated alkanes) is 12. The van der Waals surface area contributed by atoms with Crippen LogP contribution in [0.2, 0.25) is 0 Å². The molecule has 0 aromatic rings. The second-order valence-corrected chi connectivity index (χ2v) is 15.2. The molecular formula is C43H74O12S. The third-order valence-electron chi connectivity index (χ3n) is 9.12. The van der Waals surface area contributed by atoms with E-state index in [1.807, 2.05) is 0 Å². The molecule has 0 radical (unpaired) electrons. The van der Waals surface area contributed by atoms with Crippen molar-refractivity contribution in [3.05, 3.63) is 60.8 Å². The van der Waals surface area contributed by atoms with Gasteiger partial charge >= 0.3 is 16.4 Å². The molecule has 0 aromatic heterocycles. The van der Waals surface area contributed by atoms with Crippen molar-refractivity contribution in [3.63, 3.8) is 0 Å². The lowest BCUT2D eigenvalue weighted by atomic mass is 9.99. The average molecular weight is 815 g/mol. The van der Waals surface area contributed by atoms with E-state index in [0.29, 0.717) is 13.0 Å². The molecule has 1 aliphatic rings. The summed E-state index contributed by atoms with van der Waals surface area (Å²) >= 11 is 0. The van der Waals surface area contributed by atoms with Gasteiger partial charge in [0, 0.05) is 13.0 Å². The molecule has 1 rings (SSSR count). The van der Waals surface area contributed by atoms with Crippen LogP contribution in [0.4, 0.5) is 0 Å². The number of ether oxygens (including phenoxy) is 4. The monoisotopic (exact) mass is 814 g/mol.